The van der Waals surface area contributed by atoms with Crippen LogP contribution in [-0.2, 0) is 19.4 Å². The maximum Gasteiger partial charge on any atom is 0.124 e. The molecule has 0 aromatic heterocycles. The number of rotatable bonds is 4. The van der Waals surface area contributed by atoms with E-state index in [1.165, 1.54) is 41.5 Å². The minimum absolute atomic E-state index is 0.0133. The molecule has 1 aliphatic rings. The van der Waals surface area contributed by atoms with Crippen molar-refractivity contribution in [3.05, 3.63) is 64.2 Å². The van der Waals surface area contributed by atoms with Gasteiger partial charge >= 0.3 is 0 Å². The number of hydrogen-bond donors (Lipinski definition) is 1. The Bertz CT molecular complexity index is 646. The summed E-state index contributed by atoms with van der Waals surface area (Å²) >= 11 is 0. The Morgan fingerprint density at radius 3 is 2.71 bits per heavy atom. The van der Waals surface area contributed by atoms with Gasteiger partial charge in [0.2, 0.25) is 0 Å². The third kappa shape index (κ3) is 3.11. The lowest BCUT2D eigenvalue weighted by molar-refractivity contribution is 0.301. The minimum Gasteiger partial charge on any atom is -0.489 e. The van der Waals surface area contributed by atoms with E-state index in [9.17, 15) is 0 Å². The lowest BCUT2D eigenvalue weighted by atomic mass is 10.1. The first-order chi connectivity index (χ1) is 10.1. The van der Waals surface area contributed by atoms with Crippen molar-refractivity contribution >= 4 is 0 Å². The molecule has 21 heavy (non-hydrogen) atoms. The van der Waals surface area contributed by atoms with Crippen molar-refractivity contribution in [1.82, 2.24) is 0 Å². The summed E-state index contributed by atoms with van der Waals surface area (Å²) in [5, 5.41) is 0. The van der Waals surface area contributed by atoms with Gasteiger partial charge in [0, 0.05) is 11.6 Å². The van der Waals surface area contributed by atoms with E-state index in [-0.39, 0.29) is 6.04 Å². The molecular formula is C19H23NO. The summed E-state index contributed by atoms with van der Waals surface area (Å²) < 4.78 is 6.05. The fourth-order valence-corrected chi connectivity index (χ4v) is 3.02. The number of hydrogen-bond acceptors (Lipinski definition) is 2. The van der Waals surface area contributed by atoms with Gasteiger partial charge in [-0.1, -0.05) is 30.3 Å². The van der Waals surface area contributed by atoms with Gasteiger partial charge in [0.1, 0.15) is 12.4 Å². The van der Waals surface area contributed by atoms with E-state index in [1.54, 1.807) is 0 Å². The highest BCUT2D eigenvalue weighted by Gasteiger charge is 2.12. The molecule has 0 heterocycles. The maximum absolute atomic E-state index is 6.05. The lowest BCUT2D eigenvalue weighted by Crippen LogP contribution is -2.08. The molecule has 2 aromatic rings. The normalized spacial score (nSPS) is 14.8. The first-order valence-electron chi connectivity index (χ1n) is 7.73. The maximum atomic E-state index is 6.05. The minimum atomic E-state index is -0.0133. The summed E-state index contributed by atoms with van der Waals surface area (Å²) in [4.78, 5) is 0. The topological polar surface area (TPSA) is 35.2 Å². The summed E-state index contributed by atoms with van der Waals surface area (Å²) in [6, 6.07) is 12.9. The fourth-order valence-electron chi connectivity index (χ4n) is 3.02. The third-order valence-corrected chi connectivity index (χ3v) is 4.22. The second-order valence-corrected chi connectivity index (χ2v) is 6.08. The molecular weight excluding hydrogens is 258 g/mol. The van der Waals surface area contributed by atoms with Gasteiger partial charge in [-0.25, -0.2) is 0 Å². The average Bonchev–Trinajstić information content (AvgIpc) is 2.92. The smallest absolute Gasteiger partial charge is 0.124 e. The Labute approximate surface area is 126 Å². The molecule has 2 N–H and O–H groups in total. The van der Waals surface area contributed by atoms with Crippen LogP contribution >= 0.6 is 0 Å². The fraction of sp³-hybridized carbons (Fsp3) is 0.368. The van der Waals surface area contributed by atoms with Crippen LogP contribution in [0.2, 0.25) is 0 Å². The number of fused-ring (bicyclic) bond motifs is 1. The first-order valence-corrected chi connectivity index (χ1v) is 7.73. The first kappa shape index (κ1) is 14.2. The van der Waals surface area contributed by atoms with Crippen LogP contribution in [0.1, 0.15) is 47.2 Å². The van der Waals surface area contributed by atoms with Gasteiger partial charge in [0.15, 0.2) is 0 Å². The predicted molar refractivity (Wildman–Crippen MR) is 86.6 cm³/mol. The van der Waals surface area contributed by atoms with Crippen LogP contribution in [0.3, 0.4) is 0 Å². The van der Waals surface area contributed by atoms with E-state index in [2.05, 4.69) is 43.3 Å². The predicted octanol–water partition coefficient (Wildman–Crippen LogP) is 4.08. The van der Waals surface area contributed by atoms with Crippen LogP contribution in [0.25, 0.3) is 0 Å². The number of nitrogens with two attached hydrogens (primary N) is 1. The molecule has 0 saturated heterocycles. The molecule has 0 amide bonds. The van der Waals surface area contributed by atoms with Crippen LogP contribution in [0.15, 0.2) is 36.4 Å². The van der Waals surface area contributed by atoms with Crippen molar-refractivity contribution < 1.29 is 4.74 Å². The van der Waals surface area contributed by atoms with Gasteiger partial charge in [0.25, 0.3) is 0 Å². The molecule has 2 nitrogen and oxygen atoms in total. The molecule has 1 unspecified atom stereocenters. The van der Waals surface area contributed by atoms with Gasteiger partial charge in [-0.05, 0) is 61.4 Å². The van der Waals surface area contributed by atoms with Gasteiger partial charge in [-0.15, -0.1) is 0 Å². The molecule has 2 aromatic carbocycles. The lowest BCUT2D eigenvalue weighted by Gasteiger charge is -2.15. The summed E-state index contributed by atoms with van der Waals surface area (Å²) in [5.41, 5.74) is 12.5. The molecule has 3 rings (SSSR count). The Balaban J connectivity index is 1.77. The molecule has 1 aliphatic carbocycles. The van der Waals surface area contributed by atoms with Gasteiger partial charge < -0.3 is 10.5 Å². The molecule has 0 fully saturated rings. The Morgan fingerprint density at radius 1 is 1.10 bits per heavy atom. The quantitative estimate of drug-likeness (QED) is 0.916. The SMILES string of the molecule is Cc1ccc(C(C)N)c(OCc2ccc3c(c2)CCC3)c1. The van der Waals surface area contributed by atoms with Gasteiger partial charge in [-0.3, -0.25) is 0 Å². The van der Waals surface area contributed by atoms with Gasteiger partial charge in [-0.2, -0.15) is 0 Å². The Kier molecular flexibility index (Phi) is 3.98. The zero-order chi connectivity index (χ0) is 14.8. The van der Waals surface area contributed by atoms with Crippen LogP contribution < -0.4 is 10.5 Å². The summed E-state index contributed by atoms with van der Waals surface area (Å²) in [5.74, 6) is 0.908. The second-order valence-electron chi connectivity index (χ2n) is 6.08. The Morgan fingerprint density at radius 2 is 1.90 bits per heavy atom. The van der Waals surface area contributed by atoms with Crippen LogP contribution in [0, 0.1) is 6.92 Å². The van der Waals surface area contributed by atoms with E-state index in [0.717, 1.165) is 11.3 Å². The van der Waals surface area contributed by atoms with Crippen LogP contribution in [0.4, 0.5) is 0 Å². The van der Waals surface area contributed by atoms with Crippen molar-refractivity contribution in [3.63, 3.8) is 0 Å². The van der Waals surface area contributed by atoms with Crippen molar-refractivity contribution in [1.29, 1.82) is 0 Å². The highest BCUT2D eigenvalue weighted by atomic mass is 16.5. The molecule has 0 radical (unpaired) electrons. The number of ether oxygens (including phenoxy) is 1. The number of aryl methyl sites for hydroxylation is 3. The second kappa shape index (κ2) is 5.90. The molecule has 0 aliphatic heterocycles. The zero-order valence-electron chi connectivity index (χ0n) is 12.9. The van der Waals surface area contributed by atoms with Crippen LogP contribution in [0.5, 0.6) is 5.75 Å². The van der Waals surface area contributed by atoms with E-state index >= 15 is 0 Å². The molecule has 1 atom stereocenters. The highest BCUT2D eigenvalue weighted by Crippen LogP contribution is 2.27. The summed E-state index contributed by atoms with van der Waals surface area (Å²) in [6.45, 7) is 4.68. The molecule has 0 saturated carbocycles. The zero-order valence-corrected chi connectivity index (χ0v) is 12.9. The van der Waals surface area contributed by atoms with Crippen molar-refractivity contribution in [2.24, 2.45) is 5.73 Å². The highest BCUT2D eigenvalue weighted by molar-refractivity contribution is 5.40. The van der Waals surface area contributed by atoms with E-state index in [4.69, 9.17) is 10.5 Å². The monoisotopic (exact) mass is 281 g/mol. The summed E-state index contributed by atoms with van der Waals surface area (Å²) in [6.07, 6.45) is 3.72. The van der Waals surface area contributed by atoms with Gasteiger partial charge in [0.05, 0.1) is 0 Å². The Hall–Kier alpha value is -1.80. The number of benzene rings is 2. The standard InChI is InChI=1S/C19H23NO/c1-13-6-9-18(14(2)20)19(10-13)21-12-15-7-8-16-4-3-5-17(16)11-15/h6-11,14H,3-5,12,20H2,1-2H3. The molecule has 110 valence electrons. The third-order valence-electron chi connectivity index (χ3n) is 4.22. The van der Waals surface area contributed by atoms with Crippen LogP contribution in [-0.4, -0.2) is 0 Å². The molecule has 0 bridgehead atoms. The molecule has 0 spiro atoms. The molecule has 2 heteroatoms. The van der Waals surface area contributed by atoms with Crippen molar-refractivity contribution in [2.75, 3.05) is 0 Å². The van der Waals surface area contributed by atoms with Crippen molar-refractivity contribution in [2.45, 2.75) is 45.8 Å². The summed E-state index contributed by atoms with van der Waals surface area (Å²) in [7, 11) is 0. The largest absolute Gasteiger partial charge is 0.489 e. The van der Waals surface area contributed by atoms with E-state index in [1.807, 2.05) is 6.92 Å². The van der Waals surface area contributed by atoms with E-state index in [0.29, 0.717) is 6.61 Å². The van der Waals surface area contributed by atoms with E-state index < -0.39 is 0 Å². The van der Waals surface area contributed by atoms with Crippen molar-refractivity contribution in [3.8, 4) is 5.75 Å². The average molecular weight is 281 g/mol.